The van der Waals surface area contributed by atoms with Gasteiger partial charge in [0.2, 0.25) is 5.95 Å². The molecule has 0 bridgehead atoms. The molecule has 160 valence electrons. The van der Waals surface area contributed by atoms with E-state index in [-0.39, 0.29) is 0 Å². The number of fused-ring (bicyclic) bond motifs is 1. The number of hydrogen-bond donors (Lipinski definition) is 1. The minimum Gasteiger partial charge on any atom is -0.309 e. The quantitative estimate of drug-likeness (QED) is 0.442. The fraction of sp³-hybridized carbons (Fsp3) is 0.217. The molecule has 1 N–H and O–H groups in total. The van der Waals surface area contributed by atoms with Gasteiger partial charge in [0, 0.05) is 43.0 Å². The van der Waals surface area contributed by atoms with Crippen molar-refractivity contribution in [2.24, 2.45) is 7.05 Å². The fourth-order valence-electron chi connectivity index (χ4n) is 3.53. The summed E-state index contributed by atoms with van der Waals surface area (Å²) in [5, 5.41) is 16.1. The van der Waals surface area contributed by atoms with E-state index in [1.54, 1.807) is 17.1 Å². The summed E-state index contributed by atoms with van der Waals surface area (Å²) >= 11 is 0. The molecule has 0 spiro atoms. The van der Waals surface area contributed by atoms with Crippen molar-refractivity contribution >= 4 is 17.4 Å². The Kier molecular flexibility index (Phi) is 5.06. The number of hydrogen-bond acceptors (Lipinski definition) is 7. The highest BCUT2D eigenvalue weighted by atomic mass is 15.3. The Bertz CT molecular complexity index is 1380. The van der Waals surface area contributed by atoms with Crippen LogP contribution in [0.15, 0.2) is 61.2 Å². The molecule has 0 aromatic carbocycles. The van der Waals surface area contributed by atoms with Crippen LogP contribution in [0.4, 0.5) is 11.8 Å². The van der Waals surface area contributed by atoms with Crippen LogP contribution in [0.3, 0.4) is 0 Å². The first-order chi connectivity index (χ1) is 15.6. The summed E-state index contributed by atoms with van der Waals surface area (Å²) in [7, 11) is 1.86. The van der Waals surface area contributed by atoms with E-state index in [9.17, 15) is 0 Å². The Morgan fingerprint density at radius 3 is 2.66 bits per heavy atom. The van der Waals surface area contributed by atoms with E-state index in [0.717, 1.165) is 34.2 Å². The van der Waals surface area contributed by atoms with Gasteiger partial charge in [-0.15, -0.1) is 10.2 Å². The van der Waals surface area contributed by atoms with Gasteiger partial charge in [0.25, 0.3) is 0 Å². The highest BCUT2D eigenvalue weighted by Gasteiger charge is 2.11. The second-order valence-electron chi connectivity index (χ2n) is 7.90. The Morgan fingerprint density at radius 1 is 0.969 bits per heavy atom. The van der Waals surface area contributed by atoms with Crippen LogP contribution in [-0.2, 0) is 13.5 Å². The lowest BCUT2D eigenvalue weighted by Crippen LogP contribution is -2.03. The summed E-state index contributed by atoms with van der Waals surface area (Å²) in [6, 6.07) is 11.9. The third-order valence-corrected chi connectivity index (χ3v) is 5.34. The van der Waals surface area contributed by atoms with Gasteiger partial charge in [-0.2, -0.15) is 5.10 Å². The zero-order chi connectivity index (χ0) is 22.1. The third-order valence-electron chi connectivity index (χ3n) is 5.34. The van der Waals surface area contributed by atoms with Crippen LogP contribution < -0.4 is 5.32 Å². The molecule has 0 atom stereocenters. The maximum atomic E-state index is 4.64. The maximum Gasteiger partial charge on any atom is 0.228 e. The van der Waals surface area contributed by atoms with Crippen LogP contribution >= 0.6 is 0 Å². The molecule has 0 fully saturated rings. The molecule has 0 aliphatic carbocycles. The number of rotatable bonds is 6. The second-order valence-corrected chi connectivity index (χ2v) is 7.90. The zero-order valence-corrected chi connectivity index (χ0v) is 18.1. The number of aryl methyl sites for hydroxylation is 1. The number of anilines is 2. The highest BCUT2D eigenvalue weighted by Crippen LogP contribution is 2.22. The van der Waals surface area contributed by atoms with Gasteiger partial charge in [0.15, 0.2) is 5.65 Å². The maximum absolute atomic E-state index is 4.64. The molecule has 0 saturated carbocycles. The molecule has 0 amide bonds. The normalized spacial score (nSPS) is 11.4. The lowest BCUT2D eigenvalue weighted by Gasteiger charge is -2.08. The number of aromatic nitrogens is 8. The highest BCUT2D eigenvalue weighted by molar-refractivity contribution is 5.65. The summed E-state index contributed by atoms with van der Waals surface area (Å²) in [6.45, 7) is 4.36. The summed E-state index contributed by atoms with van der Waals surface area (Å²) < 4.78 is 3.72. The van der Waals surface area contributed by atoms with E-state index in [1.807, 2.05) is 48.1 Å². The summed E-state index contributed by atoms with van der Waals surface area (Å²) in [4.78, 5) is 13.4. The van der Waals surface area contributed by atoms with E-state index >= 15 is 0 Å². The molecule has 0 aliphatic rings. The smallest absolute Gasteiger partial charge is 0.228 e. The topological polar surface area (TPSA) is 98.7 Å². The van der Waals surface area contributed by atoms with Crippen molar-refractivity contribution in [3.05, 3.63) is 78.3 Å². The van der Waals surface area contributed by atoms with Crippen molar-refractivity contribution in [3.63, 3.8) is 0 Å². The van der Waals surface area contributed by atoms with Gasteiger partial charge in [0.1, 0.15) is 11.6 Å². The van der Waals surface area contributed by atoms with Crippen LogP contribution in [0.25, 0.3) is 16.9 Å². The van der Waals surface area contributed by atoms with Gasteiger partial charge in [-0.05, 0) is 41.8 Å². The van der Waals surface area contributed by atoms with Crippen molar-refractivity contribution < 1.29 is 0 Å². The lowest BCUT2D eigenvalue weighted by atomic mass is 10.0. The molecule has 5 aromatic rings. The Balaban J connectivity index is 1.41. The van der Waals surface area contributed by atoms with E-state index in [2.05, 4.69) is 61.5 Å². The molecular formula is C23H23N9. The van der Waals surface area contributed by atoms with Crippen molar-refractivity contribution in [2.45, 2.75) is 26.2 Å². The molecule has 0 aliphatic heterocycles. The van der Waals surface area contributed by atoms with Crippen molar-refractivity contribution in [2.75, 3.05) is 5.32 Å². The first-order valence-electron chi connectivity index (χ1n) is 10.4. The van der Waals surface area contributed by atoms with E-state index in [1.165, 1.54) is 5.56 Å². The van der Waals surface area contributed by atoms with E-state index in [4.69, 9.17) is 0 Å². The van der Waals surface area contributed by atoms with Crippen LogP contribution in [0, 0.1) is 0 Å². The molecule has 0 unspecified atom stereocenters. The van der Waals surface area contributed by atoms with Crippen LogP contribution in [-0.4, -0.2) is 39.3 Å². The fourth-order valence-corrected chi connectivity index (χ4v) is 3.53. The summed E-state index contributed by atoms with van der Waals surface area (Å²) in [5.41, 5.74) is 4.74. The number of pyridine rings is 2. The second kappa shape index (κ2) is 8.18. The first-order valence-corrected chi connectivity index (χ1v) is 10.4. The van der Waals surface area contributed by atoms with Gasteiger partial charge >= 0.3 is 0 Å². The Morgan fingerprint density at radius 2 is 1.84 bits per heavy atom. The van der Waals surface area contributed by atoms with Crippen molar-refractivity contribution in [1.29, 1.82) is 0 Å². The number of nitrogens with one attached hydrogen (secondary N) is 1. The monoisotopic (exact) mass is 425 g/mol. The minimum absolute atomic E-state index is 0.458. The van der Waals surface area contributed by atoms with Crippen molar-refractivity contribution in [1.82, 2.24) is 39.3 Å². The van der Waals surface area contributed by atoms with E-state index in [0.29, 0.717) is 18.3 Å². The number of nitrogens with zero attached hydrogens (tertiary/aromatic N) is 8. The largest absolute Gasteiger partial charge is 0.309 e. The predicted octanol–water partition coefficient (Wildman–Crippen LogP) is 3.77. The van der Waals surface area contributed by atoms with Crippen molar-refractivity contribution in [3.8, 4) is 11.3 Å². The van der Waals surface area contributed by atoms with Crippen LogP contribution in [0.5, 0.6) is 0 Å². The lowest BCUT2D eigenvalue weighted by molar-refractivity contribution is 0.775. The average Bonchev–Trinajstić information content (AvgIpc) is 3.39. The molecule has 5 heterocycles. The van der Waals surface area contributed by atoms with Crippen LogP contribution in [0.1, 0.15) is 36.8 Å². The first kappa shape index (κ1) is 19.8. The molecular weight excluding hydrogens is 402 g/mol. The van der Waals surface area contributed by atoms with E-state index < -0.39 is 0 Å². The van der Waals surface area contributed by atoms with Gasteiger partial charge < -0.3 is 5.32 Å². The zero-order valence-electron chi connectivity index (χ0n) is 18.1. The summed E-state index contributed by atoms with van der Waals surface area (Å²) in [6.07, 6.45) is 7.90. The molecule has 9 heteroatoms. The summed E-state index contributed by atoms with van der Waals surface area (Å²) in [5.74, 6) is 2.62. The van der Waals surface area contributed by atoms with Gasteiger partial charge in [-0.3, -0.25) is 14.1 Å². The molecule has 32 heavy (non-hydrogen) atoms. The average molecular weight is 426 g/mol. The molecule has 5 rings (SSSR count). The predicted molar refractivity (Wildman–Crippen MR) is 122 cm³/mol. The third kappa shape index (κ3) is 3.92. The Labute approximate surface area is 185 Å². The van der Waals surface area contributed by atoms with Gasteiger partial charge in [-0.25, -0.2) is 9.97 Å². The molecule has 0 saturated heterocycles. The molecule has 9 nitrogen and oxygen atoms in total. The SMILES string of the molecule is CC(C)c1ccnc(Cc2nnc3cc(-c4ccnc(Nc5ccnn5C)n4)ccn23)c1. The standard InChI is InChI=1S/C23H23N9/c1-15(2)16-4-8-24-18(12-16)14-22-30-29-21-13-17(7-11-32(21)22)19-5-9-25-23(27-19)28-20-6-10-26-31(20)3/h4-13,15H,14H2,1-3H3,(H,25,27,28). The minimum atomic E-state index is 0.458. The Hall–Kier alpha value is -4.14. The van der Waals surface area contributed by atoms with Gasteiger partial charge in [0.05, 0.1) is 18.3 Å². The molecule has 0 radical (unpaired) electrons. The van der Waals surface area contributed by atoms with Crippen LogP contribution in [0.2, 0.25) is 0 Å². The van der Waals surface area contributed by atoms with Gasteiger partial charge in [-0.1, -0.05) is 13.8 Å². The molecule has 5 aromatic heterocycles.